The average Bonchev–Trinajstić information content (AvgIpc) is 2.91. The molecule has 0 unspecified atom stereocenters. The van der Waals surface area contributed by atoms with Crippen LogP contribution in [0.1, 0.15) is 42.5 Å². The number of amides is 1. The van der Waals surface area contributed by atoms with Crippen LogP contribution >= 0.6 is 0 Å². The summed E-state index contributed by atoms with van der Waals surface area (Å²) in [5.41, 5.74) is 2.97. The van der Waals surface area contributed by atoms with Crippen LogP contribution < -0.4 is 5.32 Å². The second-order valence-corrected chi connectivity index (χ2v) is 6.04. The Balaban J connectivity index is 2.05. The molecule has 0 saturated carbocycles. The van der Waals surface area contributed by atoms with Crippen molar-refractivity contribution in [3.8, 4) is 0 Å². The molecule has 0 atom stereocenters. The zero-order valence-electron chi connectivity index (χ0n) is 12.6. The molecule has 0 fully saturated rings. The first-order valence-corrected chi connectivity index (χ1v) is 6.97. The van der Waals surface area contributed by atoms with Crippen LogP contribution in [0.4, 0.5) is 5.69 Å². The number of nitrogens with zero attached hydrogens (tertiary/aromatic N) is 1. The van der Waals surface area contributed by atoms with Crippen molar-refractivity contribution in [1.29, 1.82) is 0 Å². The number of aliphatic hydroxyl groups excluding tert-OH is 1. The molecule has 1 aromatic carbocycles. The van der Waals surface area contributed by atoms with E-state index in [4.69, 9.17) is 5.11 Å². The van der Waals surface area contributed by atoms with Crippen molar-refractivity contribution in [2.24, 2.45) is 0 Å². The van der Waals surface area contributed by atoms with Crippen molar-refractivity contribution in [3.63, 3.8) is 0 Å². The summed E-state index contributed by atoms with van der Waals surface area (Å²) in [4.78, 5) is 12.1. The second kappa shape index (κ2) is 6.10. The highest BCUT2D eigenvalue weighted by atomic mass is 16.2. The molecule has 0 aliphatic rings. The van der Waals surface area contributed by atoms with Gasteiger partial charge in [0.1, 0.15) is 0 Å². The minimum atomic E-state index is -0.239. The van der Waals surface area contributed by atoms with E-state index in [-0.39, 0.29) is 17.9 Å². The zero-order chi connectivity index (χ0) is 15.5. The summed E-state index contributed by atoms with van der Waals surface area (Å²) in [6, 6.07) is 9.18. The highest BCUT2D eigenvalue weighted by Crippen LogP contribution is 2.20. The molecular weight excluding hydrogens is 266 g/mol. The zero-order valence-corrected chi connectivity index (χ0v) is 12.6. The number of aromatic amines is 1. The van der Waals surface area contributed by atoms with E-state index in [0.717, 1.165) is 11.3 Å². The number of benzene rings is 1. The van der Waals surface area contributed by atoms with Crippen LogP contribution in [0.5, 0.6) is 0 Å². The molecule has 0 radical (unpaired) electrons. The monoisotopic (exact) mass is 287 g/mol. The highest BCUT2D eigenvalue weighted by molar-refractivity contribution is 6.02. The summed E-state index contributed by atoms with van der Waals surface area (Å²) in [7, 11) is 0. The molecule has 0 spiro atoms. The van der Waals surface area contributed by atoms with E-state index in [1.54, 1.807) is 6.07 Å². The molecule has 2 aromatic rings. The summed E-state index contributed by atoms with van der Waals surface area (Å²) >= 11 is 0. The Labute approximate surface area is 124 Å². The summed E-state index contributed by atoms with van der Waals surface area (Å²) < 4.78 is 0. The fourth-order valence-corrected chi connectivity index (χ4v) is 1.90. The lowest BCUT2D eigenvalue weighted by atomic mass is 9.92. The lowest BCUT2D eigenvalue weighted by molar-refractivity contribution is 0.102. The predicted octanol–water partition coefficient (Wildman–Crippen LogP) is 2.49. The van der Waals surface area contributed by atoms with Gasteiger partial charge in [-0.05, 0) is 30.2 Å². The predicted molar refractivity (Wildman–Crippen MR) is 82.5 cm³/mol. The largest absolute Gasteiger partial charge is 0.396 e. The highest BCUT2D eigenvalue weighted by Gasteiger charge is 2.19. The summed E-state index contributed by atoms with van der Waals surface area (Å²) in [5, 5.41) is 18.6. The minimum absolute atomic E-state index is 0.0720. The summed E-state index contributed by atoms with van der Waals surface area (Å²) in [6.07, 6.45) is 0.614. The fraction of sp³-hybridized carbons (Fsp3) is 0.375. The quantitative estimate of drug-likeness (QED) is 0.808. The van der Waals surface area contributed by atoms with E-state index in [1.807, 2.05) is 24.3 Å². The first-order valence-electron chi connectivity index (χ1n) is 6.97. The molecular formula is C16H21N3O2. The lowest BCUT2D eigenvalue weighted by Crippen LogP contribution is -2.13. The fourth-order valence-electron chi connectivity index (χ4n) is 1.90. The average molecular weight is 287 g/mol. The van der Waals surface area contributed by atoms with Gasteiger partial charge in [0.05, 0.1) is 0 Å². The van der Waals surface area contributed by atoms with E-state index in [0.29, 0.717) is 17.8 Å². The van der Waals surface area contributed by atoms with Crippen molar-refractivity contribution in [2.75, 3.05) is 11.9 Å². The number of carbonyl (C=O) groups is 1. The van der Waals surface area contributed by atoms with Gasteiger partial charge >= 0.3 is 0 Å². The number of hydrogen-bond donors (Lipinski definition) is 3. The molecule has 3 N–H and O–H groups in total. The number of hydrogen-bond acceptors (Lipinski definition) is 3. The maximum atomic E-state index is 12.1. The Bertz CT molecular complexity index is 609. The molecule has 0 saturated heterocycles. The number of nitrogens with one attached hydrogen (secondary N) is 2. The number of anilines is 1. The number of rotatable bonds is 4. The van der Waals surface area contributed by atoms with Crippen LogP contribution in [0.2, 0.25) is 0 Å². The van der Waals surface area contributed by atoms with E-state index >= 15 is 0 Å². The molecule has 5 heteroatoms. The third-order valence-corrected chi connectivity index (χ3v) is 3.23. The van der Waals surface area contributed by atoms with Crippen LogP contribution in [0.25, 0.3) is 0 Å². The number of aromatic nitrogens is 2. The van der Waals surface area contributed by atoms with Gasteiger partial charge in [0.25, 0.3) is 5.91 Å². The third-order valence-electron chi connectivity index (χ3n) is 3.23. The van der Waals surface area contributed by atoms with Crippen molar-refractivity contribution >= 4 is 11.6 Å². The smallest absolute Gasteiger partial charge is 0.276 e. The standard InChI is InChI=1S/C16H21N3O2/c1-16(2,3)14-10-13(18-19-14)15(21)17-12-6-4-11(5-7-12)8-9-20/h4-7,10,20H,8-9H2,1-3H3,(H,17,21)(H,18,19). The third kappa shape index (κ3) is 3.92. The van der Waals surface area contributed by atoms with Gasteiger partial charge in [-0.15, -0.1) is 0 Å². The second-order valence-electron chi connectivity index (χ2n) is 6.04. The first-order chi connectivity index (χ1) is 9.90. The minimum Gasteiger partial charge on any atom is -0.396 e. The van der Waals surface area contributed by atoms with Crippen molar-refractivity contribution < 1.29 is 9.90 Å². The number of carbonyl (C=O) groups excluding carboxylic acids is 1. The molecule has 1 aromatic heterocycles. The summed E-state index contributed by atoms with van der Waals surface area (Å²) in [5.74, 6) is -0.239. The van der Waals surface area contributed by atoms with Gasteiger partial charge in [-0.1, -0.05) is 32.9 Å². The van der Waals surface area contributed by atoms with Crippen LogP contribution in [-0.2, 0) is 11.8 Å². The Kier molecular flexibility index (Phi) is 4.43. The van der Waals surface area contributed by atoms with Crippen LogP contribution in [-0.4, -0.2) is 27.8 Å². The number of H-pyrrole nitrogens is 1. The van der Waals surface area contributed by atoms with Crippen molar-refractivity contribution in [3.05, 3.63) is 47.3 Å². The van der Waals surface area contributed by atoms with Gasteiger partial charge in [0.15, 0.2) is 5.69 Å². The van der Waals surface area contributed by atoms with Gasteiger partial charge in [-0.3, -0.25) is 9.89 Å². The van der Waals surface area contributed by atoms with Gasteiger partial charge in [-0.25, -0.2) is 0 Å². The lowest BCUT2D eigenvalue weighted by Gasteiger charge is -2.14. The topological polar surface area (TPSA) is 78.0 Å². The van der Waals surface area contributed by atoms with E-state index < -0.39 is 0 Å². The molecule has 5 nitrogen and oxygen atoms in total. The van der Waals surface area contributed by atoms with Gasteiger partial charge in [-0.2, -0.15) is 5.10 Å². The van der Waals surface area contributed by atoms with Crippen LogP contribution in [0.15, 0.2) is 30.3 Å². The molecule has 21 heavy (non-hydrogen) atoms. The number of aliphatic hydroxyl groups is 1. The van der Waals surface area contributed by atoms with Crippen molar-refractivity contribution in [2.45, 2.75) is 32.6 Å². The molecule has 112 valence electrons. The van der Waals surface area contributed by atoms with Crippen LogP contribution in [0.3, 0.4) is 0 Å². The Morgan fingerprint density at radius 3 is 2.48 bits per heavy atom. The maximum absolute atomic E-state index is 12.1. The Morgan fingerprint density at radius 2 is 1.95 bits per heavy atom. The van der Waals surface area contributed by atoms with E-state index in [9.17, 15) is 4.79 Å². The summed E-state index contributed by atoms with van der Waals surface area (Å²) in [6.45, 7) is 6.29. The maximum Gasteiger partial charge on any atom is 0.276 e. The molecule has 1 amide bonds. The van der Waals surface area contributed by atoms with Gasteiger partial charge < -0.3 is 10.4 Å². The normalized spacial score (nSPS) is 11.4. The molecule has 0 aliphatic carbocycles. The van der Waals surface area contributed by atoms with Gasteiger partial charge in [0, 0.05) is 23.4 Å². The Morgan fingerprint density at radius 1 is 1.29 bits per heavy atom. The van der Waals surface area contributed by atoms with E-state index in [1.165, 1.54) is 0 Å². The Hall–Kier alpha value is -2.14. The van der Waals surface area contributed by atoms with Crippen molar-refractivity contribution in [1.82, 2.24) is 10.2 Å². The SMILES string of the molecule is CC(C)(C)c1cc(C(=O)Nc2ccc(CCO)cc2)n[nH]1. The molecule has 2 rings (SSSR count). The van der Waals surface area contributed by atoms with Crippen LogP contribution in [0, 0.1) is 0 Å². The van der Waals surface area contributed by atoms with E-state index in [2.05, 4.69) is 36.3 Å². The first kappa shape index (κ1) is 15.3. The van der Waals surface area contributed by atoms with Gasteiger partial charge in [0.2, 0.25) is 0 Å². The molecule has 0 bridgehead atoms. The molecule has 1 heterocycles. The molecule has 0 aliphatic heterocycles.